The number of hydrogen-bond donors (Lipinski definition) is 1. The van der Waals surface area contributed by atoms with Crippen LogP contribution in [0, 0.1) is 0 Å². The maximum absolute atomic E-state index is 12.4. The smallest absolute Gasteiger partial charge is 0.170 e. The summed E-state index contributed by atoms with van der Waals surface area (Å²) in [5.41, 5.74) is 1.48. The van der Waals surface area contributed by atoms with Crippen LogP contribution in [0.15, 0.2) is 48.5 Å². The third-order valence-corrected chi connectivity index (χ3v) is 4.35. The number of carbonyl (C=O) groups is 2. The second-order valence-corrected chi connectivity index (χ2v) is 8.39. The Bertz CT molecular complexity index is 794. The Morgan fingerprint density at radius 3 is 1.59 bits per heavy atom. The van der Waals surface area contributed by atoms with Crippen LogP contribution in [0.3, 0.4) is 0 Å². The van der Waals surface area contributed by atoms with Crippen LogP contribution in [0.25, 0.3) is 0 Å². The Kier molecular flexibility index (Phi) is 8.78. The number of aliphatic hydroxyl groups is 1. The zero-order valence-corrected chi connectivity index (χ0v) is 18.7. The van der Waals surface area contributed by atoms with Gasteiger partial charge in [0.2, 0.25) is 0 Å². The molecule has 0 saturated carbocycles. The van der Waals surface area contributed by atoms with Crippen molar-refractivity contribution in [2.75, 3.05) is 6.61 Å². The van der Waals surface area contributed by atoms with E-state index in [4.69, 9.17) is 4.74 Å². The lowest BCUT2D eigenvalue weighted by atomic mass is 9.86. The minimum atomic E-state index is -0.694. The van der Waals surface area contributed by atoms with Crippen LogP contribution in [-0.4, -0.2) is 28.9 Å². The third-order valence-electron chi connectivity index (χ3n) is 4.35. The van der Waals surface area contributed by atoms with Crippen molar-refractivity contribution in [2.24, 2.45) is 0 Å². The highest BCUT2D eigenvalue weighted by Crippen LogP contribution is 2.23. The van der Waals surface area contributed by atoms with Crippen LogP contribution in [0.2, 0.25) is 0 Å². The van der Waals surface area contributed by atoms with Crippen molar-refractivity contribution in [3.05, 3.63) is 65.2 Å². The van der Waals surface area contributed by atoms with Crippen LogP contribution < -0.4 is 4.74 Å². The van der Waals surface area contributed by atoms with Gasteiger partial charge >= 0.3 is 0 Å². The Hall–Kier alpha value is -2.46. The van der Waals surface area contributed by atoms with E-state index in [0.29, 0.717) is 16.9 Å². The molecular weight excluding hydrogens is 364 g/mol. The Morgan fingerprint density at radius 2 is 1.21 bits per heavy atom. The van der Waals surface area contributed by atoms with Gasteiger partial charge in [0, 0.05) is 11.1 Å². The average molecular weight is 399 g/mol. The molecular formula is C25H34O4. The number of ketones is 2. The Morgan fingerprint density at radius 1 is 0.793 bits per heavy atom. The SMILES string of the molecule is CC.CC(C)(CO)Oc1ccc(C(=O)CC(=O)c2ccc(C(C)(C)C)cc2)cc1. The second kappa shape index (κ2) is 10.4. The van der Waals surface area contributed by atoms with Gasteiger partial charge in [-0.2, -0.15) is 0 Å². The van der Waals surface area contributed by atoms with Crippen LogP contribution in [0.4, 0.5) is 0 Å². The zero-order chi connectivity index (χ0) is 22.2. The highest BCUT2D eigenvalue weighted by atomic mass is 16.5. The lowest BCUT2D eigenvalue weighted by Gasteiger charge is -2.23. The van der Waals surface area contributed by atoms with Gasteiger partial charge < -0.3 is 9.84 Å². The fraction of sp³-hybridized carbons (Fsp3) is 0.440. The Labute approximate surface area is 174 Å². The molecule has 4 heteroatoms. The van der Waals surface area contributed by atoms with Crippen molar-refractivity contribution in [3.63, 3.8) is 0 Å². The monoisotopic (exact) mass is 398 g/mol. The third kappa shape index (κ3) is 7.47. The van der Waals surface area contributed by atoms with E-state index in [2.05, 4.69) is 20.8 Å². The molecule has 4 nitrogen and oxygen atoms in total. The lowest BCUT2D eigenvalue weighted by molar-refractivity contribution is 0.0412. The summed E-state index contributed by atoms with van der Waals surface area (Å²) in [5.74, 6) is 0.143. The van der Waals surface area contributed by atoms with Crippen LogP contribution >= 0.6 is 0 Å². The van der Waals surface area contributed by atoms with E-state index in [1.165, 1.54) is 0 Å². The zero-order valence-electron chi connectivity index (χ0n) is 18.7. The predicted octanol–water partition coefficient (Wildman–Crippen LogP) is 5.62. The van der Waals surface area contributed by atoms with Crippen molar-refractivity contribution in [2.45, 2.75) is 65.9 Å². The Balaban J connectivity index is 0.00000204. The maximum Gasteiger partial charge on any atom is 0.170 e. The average Bonchev–Trinajstić information content (AvgIpc) is 2.69. The van der Waals surface area contributed by atoms with Gasteiger partial charge in [0.15, 0.2) is 11.6 Å². The summed E-state index contributed by atoms with van der Waals surface area (Å²) < 4.78 is 5.65. The molecule has 2 aromatic rings. The van der Waals surface area contributed by atoms with Gasteiger partial charge in [0.1, 0.15) is 11.4 Å². The van der Waals surface area contributed by atoms with Gasteiger partial charge in [-0.3, -0.25) is 9.59 Å². The van der Waals surface area contributed by atoms with Crippen molar-refractivity contribution < 1.29 is 19.4 Å². The minimum Gasteiger partial charge on any atom is -0.485 e. The van der Waals surface area contributed by atoms with Crippen LogP contribution in [0.1, 0.15) is 81.2 Å². The number of benzene rings is 2. The molecule has 0 saturated heterocycles. The van der Waals surface area contributed by atoms with Gasteiger partial charge in [0.05, 0.1) is 13.0 Å². The summed E-state index contributed by atoms with van der Waals surface area (Å²) >= 11 is 0. The normalized spacial score (nSPS) is 11.3. The summed E-state index contributed by atoms with van der Waals surface area (Å²) in [6.45, 7) is 13.8. The van der Waals surface area contributed by atoms with Gasteiger partial charge in [-0.15, -0.1) is 0 Å². The molecule has 29 heavy (non-hydrogen) atoms. The number of carbonyl (C=O) groups excluding carboxylic acids is 2. The van der Waals surface area contributed by atoms with Crippen molar-refractivity contribution in [3.8, 4) is 5.75 Å². The first-order valence-electron chi connectivity index (χ1n) is 10.1. The molecule has 0 aliphatic rings. The molecule has 1 N–H and O–H groups in total. The van der Waals surface area contributed by atoms with Gasteiger partial charge in [-0.25, -0.2) is 0 Å². The molecule has 0 unspecified atom stereocenters. The number of ether oxygens (including phenoxy) is 1. The highest BCUT2D eigenvalue weighted by molar-refractivity contribution is 6.13. The molecule has 0 bridgehead atoms. The minimum absolute atomic E-state index is 0.0196. The van der Waals surface area contributed by atoms with E-state index in [-0.39, 0.29) is 30.0 Å². The molecule has 0 spiro atoms. The van der Waals surface area contributed by atoms with E-state index in [0.717, 1.165) is 5.56 Å². The molecule has 2 rings (SSSR count). The molecule has 0 aromatic heterocycles. The summed E-state index contributed by atoms with van der Waals surface area (Å²) in [6.07, 6.45) is -0.169. The summed E-state index contributed by atoms with van der Waals surface area (Å²) in [6, 6.07) is 14.1. The number of Topliss-reactive ketones (excluding diaryl/α,β-unsaturated/α-hetero) is 2. The maximum atomic E-state index is 12.4. The summed E-state index contributed by atoms with van der Waals surface area (Å²) in [7, 11) is 0. The van der Waals surface area contributed by atoms with Crippen molar-refractivity contribution in [1.29, 1.82) is 0 Å². The molecule has 2 aromatic carbocycles. The first kappa shape index (κ1) is 24.6. The number of rotatable bonds is 7. The topological polar surface area (TPSA) is 63.6 Å². The van der Waals surface area contributed by atoms with Crippen LogP contribution in [0.5, 0.6) is 5.75 Å². The molecule has 0 fully saturated rings. The van der Waals surface area contributed by atoms with Crippen molar-refractivity contribution in [1.82, 2.24) is 0 Å². The number of aliphatic hydroxyl groups excluding tert-OH is 1. The number of hydrogen-bond acceptors (Lipinski definition) is 4. The van der Waals surface area contributed by atoms with E-state index < -0.39 is 5.60 Å². The fourth-order valence-electron chi connectivity index (χ4n) is 2.57. The first-order chi connectivity index (χ1) is 13.5. The molecule has 0 aliphatic carbocycles. The molecule has 0 atom stereocenters. The largest absolute Gasteiger partial charge is 0.485 e. The lowest BCUT2D eigenvalue weighted by Crippen LogP contribution is -2.32. The second-order valence-electron chi connectivity index (χ2n) is 8.39. The quantitative estimate of drug-likeness (QED) is 0.486. The highest BCUT2D eigenvalue weighted by Gasteiger charge is 2.19. The van der Waals surface area contributed by atoms with Gasteiger partial charge in [-0.1, -0.05) is 58.9 Å². The van der Waals surface area contributed by atoms with E-state index >= 15 is 0 Å². The predicted molar refractivity (Wildman–Crippen MR) is 118 cm³/mol. The summed E-state index contributed by atoms with van der Waals surface area (Å²) in [5, 5.41) is 9.25. The molecule has 0 amide bonds. The molecule has 0 heterocycles. The fourth-order valence-corrected chi connectivity index (χ4v) is 2.57. The summed E-state index contributed by atoms with van der Waals surface area (Å²) in [4.78, 5) is 24.8. The van der Waals surface area contributed by atoms with Crippen LogP contribution in [-0.2, 0) is 5.41 Å². The molecule has 158 valence electrons. The molecule has 0 aliphatic heterocycles. The van der Waals surface area contributed by atoms with E-state index in [1.807, 2.05) is 26.0 Å². The van der Waals surface area contributed by atoms with Gasteiger partial charge in [0.25, 0.3) is 0 Å². The van der Waals surface area contributed by atoms with E-state index in [9.17, 15) is 14.7 Å². The first-order valence-corrected chi connectivity index (χ1v) is 10.1. The van der Waals surface area contributed by atoms with E-state index in [1.54, 1.807) is 50.2 Å². The standard InChI is InChI=1S/C23H28O4.C2H6/c1-22(2,3)18-10-6-16(7-11-18)20(25)14-21(26)17-8-12-19(13-9-17)27-23(4,5)15-24;1-2/h6-13,24H,14-15H2,1-5H3;1-2H3. The van der Waals surface area contributed by atoms with Gasteiger partial charge in [-0.05, 0) is 49.1 Å². The molecule has 0 radical (unpaired) electrons. The van der Waals surface area contributed by atoms with Crippen molar-refractivity contribution >= 4 is 11.6 Å².